The summed E-state index contributed by atoms with van der Waals surface area (Å²) in [6.07, 6.45) is 0. The summed E-state index contributed by atoms with van der Waals surface area (Å²) in [6, 6.07) is 5.37. The Bertz CT molecular complexity index is 515. The minimum atomic E-state index is -3.20. The molecule has 3 N–H and O–H groups in total. The third kappa shape index (κ3) is 5.18. The first-order chi connectivity index (χ1) is 8.85. The molecule has 0 spiro atoms. The highest BCUT2D eigenvalue weighted by Gasteiger charge is 2.12. The fraction of sp³-hybridized carbons (Fsp3) is 0.538. The molecular weight excluding hydrogens is 264 g/mol. The van der Waals surface area contributed by atoms with Crippen LogP contribution in [-0.2, 0) is 10.0 Å². The van der Waals surface area contributed by atoms with E-state index in [1.54, 1.807) is 13.0 Å². The van der Waals surface area contributed by atoms with Gasteiger partial charge in [0.2, 0.25) is 10.0 Å². The van der Waals surface area contributed by atoms with Crippen LogP contribution in [0, 0.1) is 6.92 Å². The minimum Gasteiger partial charge on any atom is -0.508 e. The summed E-state index contributed by atoms with van der Waals surface area (Å²) in [6.45, 7) is 6.28. The Morgan fingerprint density at radius 3 is 2.63 bits per heavy atom. The van der Waals surface area contributed by atoms with E-state index >= 15 is 0 Å². The zero-order valence-corrected chi connectivity index (χ0v) is 12.4. The zero-order chi connectivity index (χ0) is 14.5. The average Bonchev–Trinajstić information content (AvgIpc) is 2.28. The first-order valence-corrected chi connectivity index (χ1v) is 8.01. The van der Waals surface area contributed by atoms with Crippen molar-refractivity contribution < 1.29 is 13.5 Å². The SMILES string of the molecule is CCNS(=O)(=O)CCNC(C)c1ccc(C)cc1O. The van der Waals surface area contributed by atoms with Gasteiger partial charge in [-0.05, 0) is 25.5 Å². The van der Waals surface area contributed by atoms with E-state index in [1.807, 2.05) is 26.0 Å². The van der Waals surface area contributed by atoms with E-state index in [0.717, 1.165) is 11.1 Å². The average molecular weight is 286 g/mol. The summed E-state index contributed by atoms with van der Waals surface area (Å²) >= 11 is 0. The summed E-state index contributed by atoms with van der Waals surface area (Å²) in [7, 11) is -3.20. The van der Waals surface area contributed by atoms with Crippen LogP contribution < -0.4 is 10.0 Å². The third-order valence-electron chi connectivity index (χ3n) is 2.84. The standard InChI is InChI=1S/C13H22N2O3S/c1-4-15-19(17,18)8-7-14-11(3)12-6-5-10(2)9-13(12)16/h5-6,9,11,14-16H,4,7-8H2,1-3H3. The Kier molecular flexibility index (Phi) is 5.78. The first-order valence-electron chi connectivity index (χ1n) is 6.36. The van der Waals surface area contributed by atoms with Crippen LogP contribution in [0.1, 0.15) is 31.0 Å². The molecule has 0 amide bonds. The van der Waals surface area contributed by atoms with Crippen molar-refractivity contribution in [3.63, 3.8) is 0 Å². The monoisotopic (exact) mass is 286 g/mol. The van der Waals surface area contributed by atoms with Gasteiger partial charge in [0.1, 0.15) is 5.75 Å². The minimum absolute atomic E-state index is 0.0256. The molecule has 1 aromatic carbocycles. The van der Waals surface area contributed by atoms with E-state index in [9.17, 15) is 13.5 Å². The fourth-order valence-corrected chi connectivity index (χ4v) is 2.80. The van der Waals surface area contributed by atoms with Gasteiger partial charge in [-0.1, -0.05) is 19.1 Å². The predicted molar refractivity (Wildman–Crippen MR) is 76.7 cm³/mol. The van der Waals surface area contributed by atoms with Gasteiger partial charge in [-0.25, -0.2) is 13.1 Å². The molecule has 0 saturated carbocycles. The van der Waals surface area contributed by atoms with Crippen molar-refractivity contribution in [3.8, 4) is 5.75 Å². The van der Waals surface area contributed by atoms with Crippen molar-refractivity contribution in [1.29, 1.82) is 0 Å². The number of benzene rings is 1. The van der Waals surface area contributed by atoms with Crippen molar-refractivity contribution in [3.05, 3.63) is 29.3 Å². The fourth-order valence-electron chi connectivity index (χ4n) is 1.83. The Hall–Kier alpha value is -1.11. The number of aromatic hydroxyl groups is 1. The topological polar surface area (TPSA) is 78.4 Å². The Balaban J connectivity index is 2.54. The highest BCUT2D eigenvalue weighted by Crippen LogP contribution is 2.24. The summed E-state index contributed by atoms with van der Waals surface area (Å²) < 4.78 is 25.4. The van der Waals surface area contributed by atoms with Gasteiger partial charge in [0, 0.05) is 24.7 Å². The van der Waals surface area contributed by atoms with Gasteiger partial charge in [0.25, 0.3) is 0 Å². The van der Waals surface area contributed by atoms with Gasteiger partial charge < -0.3 is 10.4 Å². The van der Waals surface area contributed by atoms with Crippen LogP contribution >= 0.6 is 0 Å². The summed E-state index contributed by atoms with van der Waals surface area (Å²) in [5.41, 5.74) is 1.76. The number of phenolic OH excluding ortho intramolecular Hbond substituents is 1. The van der Waals surface area contributed by atoms with E-state index in [4.69, 9.17) is 0 Å². The number of phenols is 1. The van der Waals surface area contributed by atoms with E-state index in [-0.39, 0.29) is 17.5 Å². The molecule has 1 aromatic rings. The summed E-state index contributed by atoms with van der Waals surface area (Å²) in [5.74, 6) is 0.257. The number of hydrogen-bond acceptors (Lipinski definition) is 4. The predicted octanol–water partition coefficient (Wildman–Crippen LogP) is 1.29. The summed E-state index contributed by atoms with van der Waals surface area (Å²) in [5, 5.41) is 12.9. The molecule has 0 aliphatic rings. The van der Waals surface area contributed by atoms with Gasteiger partial charge in [0.15, 0.2) is 0 Å². The van der Waals surface area contributed by atoms with Crippen molar-refractivity contribution in [1.82, 2.24) is 10.0 Å². The first kappa shape index (κ1) is 15.9. The molecule has 0 aliphatic heterocycles. The van der Waals surface area contributed by atoms with Crippen molar-refractivity contribution >= 4 is 10.0 Å². The molecule has 1 atom stereocenters. The smallest absolute Gasteiger partial charge is 0.212 e. The maximum absolute atomic E-state index is 11.5. The Labute approximate surface area is 115 Å². The maximum Gasteiger partial charge on any atom is 0.212 e. The molecule has 5 nitrogen and oxygen atoms in total. The number of sulfonamides is 1. The van der Waals surface area contributed by atoms with Crippen LogP contribution in [0.4, 0.5) is 0 Å². The normalized spacial score (nSPS) is 13.4. The molecule has 108 valence electrons. The molecule has 0 aromatic heterocycles. The van der Waals surface area contributed by atoms with Gasteiger partial charge >= 0.3 is 0 Å². The Morgan fingerprint density at radius 2 is 2.05 bits per heavy atom. The second-order valence-electron chi connectivity index (χ2n) is 4.55. The third-order valence-corrected chi connectivity index (χ3v) is 4.31. The van der Waals surface area contributed by atoms with Gasteiger partial charge in [-0.3, -0.25) is 0 Å². The number of hydrogen-bond donors (Lipinski definition) is 3. The van der Waals surface area contributed by atoms with Crippen LogP contribution in [0.3, 0.4) is 0 Å². The second kappa shape index (κ2) is 6.88. The molecule has 1 rings (SSSR count). The van der Waals surface area contributed by atoms with E-state index < -0.39 is 10.0 Å². The van der Waals surface area contributed by atoms with Crippen LogP contribution in [-0.4, -0.2) is 32.4 Å². The zero-order valence-electron chi connectivity index (χ0n) is 11.6. The van der Waals surface area contributed by atoms with Gasteiger partial charge in [-0.2, -0.15) is 0 Å². The molecule has 0 saturated heterocycles. The molecular formula is C13H22N2O3S. The van der Waals surface area contributed by atoms with Crippen molar-refractivity contribution in [2.75, 3.05) is 18.8 Å². The van der Waals surface area contributed by atoms with Gasteiger partial charge in [-0.15, -0.1) is 0 Å². The molecule has 0 fully saturated rings. The molecule has 1 unspecified atom stereocenters. The van der Waals surface area contributed by atoms with Crippen LogP contribution in [0.25, 0.3) is 0 Å². The van der Waals surface area contributed by atoms with Crippen molar-refractivity contribution in [2.45, 2.75) is 26.8 Å². The molecule has 0 heterocycles. The molecule has 0 aliphatic carbocycles. The lowest BCUT2D eigenvalue weighted by Gasteiger charge is -2.16. The van der Waals surface area contributed by atoms with E-state index in [1.165, 1.54) is 0 Å². The summed E-state index contributed by atoms with van der Waals surface area (Å²) in [4.78, 5) is 0. The number of rotatable bonds is 7. The van der Waals surface area contributed by atoms with E-state index in [0.29, 0.717) is 13.1 Å². The Morgan fingerprint density at radius 1 is 1.37 bits per heavy atom. The quantitative estimate of drug-likeness (QED) is 0.706. The van der Waals surface area contributed by atoms with Crippen molar-refractivity contribution in [2.24, 2.45) is 0 Å². The lowest BCUT2D eigenvalue weighted by Crippen LogP contribution is -2.32. The second-order valence-corrected chi connectivity index (χ2v) is 6.48. The molecule has 6 heteroatoms. The number of aryl methyl sites for hydroxylation is 1. The number of nitrogens with one attached hydrogen (secondary N) is 2. The lowest BCUT2D eigenvalue weighted by molar-refractivity contribution is 0.454. The van der Waals surface area contributed by atoms with Crippen LogP contribution in [0.2, 0.25) is 0 Å². The van der Waals surface area contributed by atoms with Crippen LogP contribution in [0.5, 0.6) is 5.75 Å². The van der Waals surface area contributed by atoms with Crippen LogP contribution in [0.15, 0.2) is 18.2 Å². The molecule has 0 bridgehead atoms. The highest BCUT2D eigenvalue weighted by atomic mass is 32.2. The maximum atomic E-state index is 11.5. The largest absolute Gasteiger partial charge is 0.508 e. The molecule has 0 radical (unpaired) electrons. The highest BCUT2D eigenvalue weighted by molar-refractivity contribution is 7.89. The van der Waals surface area contributed by atoms with Gasteiger partial charge in [0.05, 0.1) is 5.75 Å². The van der Waals surface area contributed by atoms with E-state index in [2.05, 4.69) is 10.0 Å². The molecule has 19 heavy (non-hydrogen) atoms. The lowest BCUT2D eigenvalue weighted by atomic mass is 10.1.